The monoisotopic (exact) mass is 171 g/mol. The maximum atomic E-state index is 2.37. The Morgan fingerprint density at radius 1 is 1.17 bits per heavy atom. The van der Waals surface area contributed by atoms with Crippen molar-refractivity contribution in [3.05, 3.63) is 0 Å². The first-order valence-corrected chi connectivity index (χ1v) is 5.24. The van der Waals surface area contributed by atoms with E-state index in [2.05, 4.69) is 39.8 Å². The van der Waals surface area contributed by atoms with E-state index in [4.69, 9.17) is 0 Å². The van der Waals surface area contributed by atoms with Gasteiger partial charge in [-0.05, 0) is 32.9 Å². The second-order valence-electron chi connectivity index (χ2n) is 4.39. The first-order chi connectivity index (χ1) is 5.57. The lowest BCUT2D eigenvalue weighted by Gasteiger charge is -2.25. The fourth-order valence-corrected chi connectivity index (χ4v) is 1.57. The Kier molecular flexibility index (Phi) is 6.45. The van der Waals surface area contributed by atoms with Gasteiger partial charge in [0.15, 0.2) is 0 Å². The van der Waals surface area contributed by atoms with Gasteiger partial charge >= 0.3 is 0 Å². The molecular weight excluding hydrogens is 146 g/mol. The standard InChI is InChI=1S/C11H25N/c1-6-7-8-11(12(4)5)9-10(2)3/h10-11H,6-9H2,1-5H3. The molecule has 12 heavy (non-hydrogen) atoms. The van der Waals surface area contributed by atoms with Crippen LogP contribution in [0.5, 0.6) is 0 Å². The van der Waals surface area contributed by atoms with Crippen molar-refractivity contribution in [2.45, 2.75) is 52.5 Å². The van der Waals surface area contributed by atoms with Gasteiger partial charge in [-0.2, -0.15) is 0 Å². The van der Waals surface area contributed by atoms with Gasteiger partial charge in [-0.1, -0.05) is 33.6 Å². The van der Waals surface area contributed by atoms with Crippen LogP contribution in [0, 0.1) is 5.92 Å². The second-order valence-corrected chi connectivity index (χ2v) is 4.39. The van der Waals surface area contributed by atoms with Crippen LogP contribution in [0.2, 0.25) is 0 Å². The molecule has 0 heterocycles. The van der Waals surface area contributed by atoms with Crippen molar-refractivity contribution in [3.63, 3.8) is 0 Å². The fraction of sp³-hybridized carbons (Fsp3) is 1.00. The quantitative estimate of drug-likeness (QED) is 0.593. The average molecular weight is 171 g/mol. The van der Waals surface area contributed by atoms with E-state index in [1.54, 1.807) is 0 Å². The molecule has 0 rings (SSSR count). The first kappa shape index (κ1) is 12.0. The molecule has 0 radical (unpaired) electrons. The summed E-state index contributed by atoms with van der Waals surface area (Å²) in [5, 5.41) is 0. The van der Waals surface area contributed by atoms with Crippen molar-refractivity contribution in [1.82, 2.24) is 4.90 Å². The molecule has 0 aromatic heterocycles. The van der Waals surface area contributed by atoms with Crippen LogP contribution in [0.4, 0.5) is 0 Å². The van der Waals surface area contributed by atoms with Crippen molar-refractivity contribution in [2.75, 3.05) is 14.1 Å². The molecule has 0 aliphatic heterocycles. The Labute approximate surface area is 78.1 Å². The molecule has 0 bridgehead atoms. The summed E-state index contributed by atoms with van der Waals surface area (Å²) in [7, 11) is 4.39. The summed E-state index contributed by atoms with van der Waals surface area (Å²) in [4.78, 5) is 2.37. The Morgan fingerprint density at radius 3 is 2.08 bits per heavy atom. The summed E-state index contributed by atoms with van der Waals surface area (Å²) >= 11 is 0. The zero-order valence-corrected chi connectivity index (χ0v) is 9.43. The topological polar surface area (TPSA) is 3.24 Å². The summed E-state index contributed by atoms with van der Waals surface area (Å²) in [6.45, 7) is 6.88. The molecule has 1 atom stereocenters. The van der Waals surface area contributed by atoms with E-state index in [-0.39, 0.29) is 0 Å². The van der Waals surface area contributed by atoms with E-state index in [9.17, 15) is 0 Å². The molecule has 0 saturated carbocycles. The summed E-state index contributed by atoms with van der Waals surface area (Å²) in [6, 6.07) is 0.796. The van der Waals surface area contributed by atoms with Crippen LogP contribution < -0.4 is 0 Å². The van der Waals surface area contributed by atoms with E-state index in [0.29, 0.717) is 0 Å². The maximum Gasteiger partial charge on any atom is 0.00916 e. The normalized spacial score (nSPS) is 14.2. The van der Waals surface area contributed by atoms with Gasteiger partial charge in [0.25, 0.3) is 0 Å². The van der Waals surface area contributed by atoms with Gasteiger partial charge < -0.3 is 4.90 Å². The third kappa shape index (κ3) is 5.59. The molecule has 0 aromatic carbocycles. The number of hydrogen-bond acceptors (Lipinski definition) is 1. The molecule has 1 heteroatoms. The average Bonchev–Trinajstić information content (AvgIpc) is 1.96. The van der Waals surface area contributed by atoms with Crippen LogP contribution >= 0.6 is 0 Å². The molecular formula is C11H25N. The Morgan fingerprint density at radius 2 is 1.75 bits per heavy atom. The maximum absolute atomic E-state index is 2.37. The molecule has 74 valence electrons. The number of hydrogen-bond donors (Lipinski definition) is 0. The predicted octanol–water partition coefficient (Wildman–Crippen LogP) is 3.15. The Hall–Kier alpha value is -0.0400. The highest BCUT2D eigenvalue weighted by Gasteiger charge is 2.11. The van der Waals surface area contributed by atoms with Gasteiger partial charge in [-0.25, -0.2) is 0 Å². The molecule has 1 nitrogen and oxygen atoms in total. The smallest absolute Gasteiger partial charge is 0.00916 e. The van der Waals surface area contributed by atoms with Gasteiger partial charge in [0.2, 0.25) is 0 Å². The van der Waals surface area contributed by atoms with Crippen LogP contribution in [-0.4, -0.2) is 25.0 Å². The lowest BCUT2D eigenvalue weighted by Crippen LogP contribution is -2.29. The van der Waals surface area contributed by atoms with E-state index in [1.807, 2.05) is 0 Å². The highest BCUT2D eigenvalue weighted by molar-refractivity contribution is 4.67. The summed E-state index contributed by atoms with van der Waals surface area (Å²) in [6.07, 6.45) is 5.40. The minimum absolute atomic E-state index is 0.796. The SMILES string of the molecule is CCCCC(CC(C)C)N(C)C. The van der Waals surface area contributed by atoms with E-state index >= 15 is 0 Å². The lowest BCUT2D eigenvalue weighted by atomic mass is 9.98. The molecule has 0 amide bonds. The van der Waals surface area contributed by atoms with Gasteiger partial charge in [0.1, 0.15) is 0 Å². The molecule has 0 spiro atoms. The highest BCUT2D eigenvalue weighted by atomic mass is 15.1. The van der Waals surface area contributed by atoms with Crippen LogP contribution in [-0.2, 0) is 0 Å². The predicted molar refractivity (Wildman–Crippen MR) is 56.5 cm³/mol. The first-order valence-electron chi connectivity index (χ1n) is 5.24. The minimum atomic E-state index is 0.796. The zero-order chi connectivity index (χ0) is 9.56. The molecule has 0 aliphatic rings. The van der Waals surface area contributed by atoms with Crippen molar-refractivity contribution < 1.29 is 0 Å². The van der Waals surface area contributed by atoms with Gasteiger partial charge in [-0.15, -0.1) is 0 Å². The third-order valence-corrected chi connectivity index (χ3v) is 2.36. The summed E-state index contributed by atoms with van der Waals surface area (Å²) in [5.41, 5.74) is 0. The number of unbranched alkanes of at least 4 members (excludes halogenated alkanes) is 1. The third-order valence-electron chi connectivity index (χ3n) is 2.36. The molecule has 0 saturated heterocycles. The molecule has 0 N–H and O–H groups in total. The Balaban J connectivity index is 3.70. The minimum Gasteiger partial charge on any atom is -0.306 e. The van der Waals surface area contributed by atoms with E-state index < -0.39 is 0 Å². The molecule has 0 fully saturated rings. The van der Waals surface area contributed by atoms with Crippen LogP contribution in [0.1, 0.15) is 46.5 Å². The number of nitrogens with zero attached hydrogens (tertiary/aromatic N) is 1. The second kappa shape index (κ2) is 6.47. The van der Waals surface area contributed by atoms with Gasteiger partial charge in [0.05, 0.1) is 0 Å². The fourth-order valence-electron chi connectivity index (χ4n) is 1.57. The van der Waals surface area contributed by atoms with Gasteiger partial charge in [0, 0.05) is 6.04 Å². The molecule has 0 aliphatic carbocycles. The molecule has 0 aromatic rings. The number of rotatable bonds is 6. The largest absolute Gasteiger partial charge is 0.306 e. The van der Waals surface area contributed by atoms with E-state index in [1.165, 1.54) is 25.7 Å². The van der Waals surface area contributed by atoms with Crippen molar-refractivity contribution >= 4 is 0 Å². The summed E-state index contributed by atoms with van der Waals surface area (Å²) in [5.74, 6) is 0.828. The highest BCUT2D eigenvalue weighted by Crippen LogP contribution is 2.14. The Bertz CT molecular complexity index is 97.2. The van der Waals surface area contributed by atoms with Crippen LogP contribution in [0.25, 0.3) is 0 Å². The van der Waals surface area contributed by atoms with Crippen molar-refractivity contribution in [3.8, 4) is 0 Å². The van der Waals surface area contributed by atoms with Crippen molar-refractivity contribution in [2.24, 2.45) is 5.92 Å². The molecule has 1 unspecified atom stereocenters. The van der Waals surface area contributed by atoms with Crippen LogP contribution in [0.3, 0.4) is 0 Å². The van der Waals surface area contributed by atoms with E-state index in [0.717, 1.165) is 12.0 Å². The van der Waals surface area contributed by atoms with Crippen LogP contribution in [0.15, 0.2) is 0 Å². The van der Waals surface area contributed by atoms with Gasteiger partial charge in [-0.3, -0.25) is 0 Å². The van der Waals surface area contributed by atoms with Crippen molar-refractivity contribution in [1.29, 1.82) is 0 Å². The lowest BCUT2D eigenvalue weighted by molar-refractivity contribution is 0.237. The summed E-state index contributed by atoms with van der Waals surface area (Å²) < 4.78 is 0. The zero-order valence-electron chi connectivity index (χ0n) is 9.43.